The van der Waals surface area contributed by atoms with Crippen LogP contribution >= 0.6 is 0 Å². The minimum absolute atomic E-state index is 0.146. The highest BCUT2D eigenvalue weighted by molar-refractivity contribution is 5.86. The van der Waals surface area contributed by atoms with Crippen molar-refractivity contribution < 1.29 is 14.7 Å². The van der Waals surface area contributed by atoms with Crippen LogP contribution in [0.2, 0.25) is 0 Å². The molecule has 3 aromatic carbocycles. The zero-order chi connectivity index (χ0) is 29.9. The van der Waals surface area contributed by atoms with Gasteiger partial charge in [-0.05, 0) is 66.6 Å². The molecule has 0 aliphatic heterocycles. The molecular weight excluding hydrogens is 540 g/mol. The predicted molar refractivity (Wildman–Crippen MR) is 166 cm³/mol. The third-order valence-corrected chi connectivity index (χ3v) is 7.39. The lowest BCUT2D eigenvalue weighted by molar-refractivity contribution is -0.122. The SMILES string of the molecule is CC(C(=O)NCc1ccc(-n2c(-c3cccnc3N)nc3ccc(-c4ccccc4)nc32)cc1)c1ccc(C=O)c(O)c1. The highest BCUT2D eigenvalue weighted by Crippen LogP contribution is 2.32. The second kappa shape index (κ2) is 11.6. The van der Waals surface area contributed by atoms with Gasteiger partial charge in [-0.15, -0.1) is 0 Å². The van der Waals surface area contributed by atoms with Gasteiger partial charge in [-0.2, -0.15) is 0 Å². The van der Waals surface area contributed by atoms with Crippen molar-refractivity contribution in [1.29, 1.82) is 0 Å². The molecule has 9 nitrogen and oxygen atoms in total. The lowest BCUT2D eigenvalue weighted by atomic mass is 9.98. The van der Waals surface area contributed by atoms with Crippen LogP contribution in [0.15, 0.2) is 103 Å². The highest BCUT2D eigenvalue weighted by atomic mass is 16.3. The number of amides is 1. The van der Waals surface area contributed by atoms with Crippen LogP contribution in [0.4, 0.5) is 5.82 Å². The number of imidazole rings is 1. The maximum atomic E-state index is 12.9. The number of aromatic hydroxyl groups is 1. The van der Waals surface area contributed by atoms with Gasteiger partial charge in [-0.25, -0.2) is 15.0 Å². The second-order valence-electron chi connectivity index (χ2n) is 10.2. The van der Waals surface area contributed by atoms with Crippen molar-refractivity contribution in [3.8, 4) is 34.1 Å². The molecule has 3 heterocycles. The van der Waals surface area contributed by atoms with Crippen LogP contribution in [0.25, 0.3) is 39.5 Å². The van der Waals surface area contributed by atoms with E-state index in [1.54, 1.807) is 19.2 Å². The van der Waals surface area contributed by atoms with Crippen LogP contribution in [0.5, 0.6) is 5.75 Å². The van der Waals surface area contributed by atoms with Gasteiger partial charge in [0.15, 0.2) is 17.8 Å². The number of benzene rings is 3. The van der Waals surface area contributed by atoms with Crippen LogP contribution in [-0.4, -0.2) is 36.8 Å². The van der Waals surface area contributed by atoms with E-state index in [0.29, 0.717) is 41.2 Å². The minimum atomic E-state index is -0.513. The van der Waals surface area contributed by atoms with Crippen LogP contribution in [0.3, 0.4) is 0 Å². The van der Waals surface area contributed by atoms with E-state index in [4.69, 9.17) is 15.7 Å². The number of aromatic nitrogens is 4. The number of nitrogens with zero attached hydrogens (tertiary/aromatic N) is 4. The fraction of sp³-hybridized carbons (Fsp3) is 0.0882. The Morgan fingerprint density at radius 3 is 2.49 bits per heavy atom. The van der Waals surface area contributed by atoms with E-state index in [2.05, 4.69) is 10.3 Å². The number of rotatable bonds is 8. The third kappa shape index (κ3) is 5.43. The summed E-state index contributed by atoms with van der Waals surface area (Å²) in [4.78, 5) is 38.0. The molecule has 0 bridgehead atoms. The Morgan fingerprint density at radius 2 is 1.77 bits per heavy atom. The fourth-order valence-corrected chi connectivity index (χ4v) is 4.95. The number of fused-ring (bicyclic) bond motifs is 1. The fourth-order valence-electron chi connectivity index (χ4n) is 4.95. The summed E-state index contributed by atoms with van der Waals surface area (Å²) in [5, 5.41) is 12.9. The van der Waals surface area contributed by atoms with E-state index in [9.17, 15) is 14.7 Å². The molecule has 0 aliphatic carbocycles. The van der Waals surface area contributed by atoms with Crippen LogP contribution in [-0.2, 0) is 11.3 Å². The van der Waals surface area contributed by atoms with Crippen LogP contribution < -0.4 is 11.1 Å². The van der Waals surface area contributed by atoms with Crippen molar-refractivity contribution in [3.63, 3.8) is 0 Å². The van der Waals surface area contributed by atoms with E-state index < -0.39 is 5.92 Å². The summed E-state index contributed by atoms with van der Waals surface area (Å²) < 4.78 is 1.97. The first-order chi connectivity index (χ1) is 20.9. The first kappa shape index (κ1) is 27.3. The lowest BCUT2D eigenvalue weighted by Gasteiger charge is -2.14. The van der Waals surface area contributed by atoms with Crippen molar-refractivity contribution in [3.05, 3.63) is 120 Å². The van der Waals surface area contributed by atoms with Gasteiger partial charge in [0, 0.05) is 24.0 Å². The smallest absolute Gasteiger partial charge is 0.227 e. The summed E-state index contributed by atoms with van der Waals surface area (Å²) in [7, 11) is 0. The van der Waals surface area contributed by atoms with Crippen molar-refractivity contribution in [2.45, 2.75) is 19.4 Å². The molecule has 1 atom stereocenters. The lowest BCUT2D eigenvalue weighted by Crippen LogP contribution is -2.27. The summed E-state index contributed by atoms with van der Waals surface area (Å²) in [5.41, 5.74) is 12.7. The molecule has 212 valence electrons. The number of phenolic OH excluding ortho intramolecular Hbond substituents is 1. The Hall–Kier alpha value is -5.83. The average Bonchev–Trinajstić information content (AvgIpc) is 3.42. The van der Waals surface area contributed by atoms with Gasteiger partial charge >= 0.3 is 0 Å². The topological polar surface area (TPSA) is 136 Å². The summed E-state index contributed by atoms with van der Waals surface area (Å²) in [6, 6.07) is 30.0. The molecular formula is C34H28N6O3. The third-order valence-electron chi connectivity index (χ3n) is 7.39. The average molecular weight is 569 g/mol. The van der Waals surface area contributed by atoms with Crippen molar-refractivity contribution in [2.75, 3.05) is 5.73 Å². The zero-order valence-electron chi connectivity index (χ0n) is 23.3. The Balaban J connectivity index is 1.30. The summed E-state index contributed by atoms with van der Waals surface area (Å²) in [6.07, 6.45) is 2.22. The molecule has 6 aromatic rings. The van der Waals surface area contributed by atoms with E-state index in [1.165, 1.54) is 12.1 Å². The Morgan fingerprint density at radius 1 is 0.977 bits per heavy atom. The van der Waals surface area contributed by atoms with Crippen molar-refractivity contribution >= 4 is 29.2 Å². The number of nitrogens with one attached hydrogen (secondary N) is 1. The number of aldehydes is 1. The summed E-state index contributed by atoms with van der Waals surface area (Å²) >= 11 is 0. The number of hydrogen-bond acceptors (Lipinski definition) is 7. The molecule has 0 spiro atoms. The molecule has 43 heavy (non-hydrogen) atoms. The number of nitrogen functional groups attached to an aromatic ring is 1. The van der Waals surface area contributed by atoms with Crippen molar-refractivity contribution in [1.82, 2.24) is 24.8 Å². The molecule has 3 aromatic heterocycles. The number of carbonyl (C=O) groups excluding carboxylic acids is 2. The van der Waals surface area contributed by atoms with Gasteiger partial charge in [0.2, 0.25) is 5.91 Å². The Kier molecular flexibility index (Phi) is 7.36. The summed E-state index contributed by atoms with van der Waals surface area (Å²) in [5.74, 6) is 0.130. The first-order valence-electron chi connectivity index (χ1n) is 13.7. The van der Waals surface area contributed by atoms with Gasteiger partial charge in [-0.3, -0.25) is 14.2 Å². The number of phenols is 1. The highest BCUT2D eigenvalue weighted by Gasteiger charge is 2.19. The number of carbonyl (C=O) groups is 2. The molecule has 1 unspecified atom stereocenters. The quantitative estimate of drug-likeness (QED) is 0.201. The minimum Gasteiger partial charge on any atom is -0.507 e. The number of nitrogens with two attached hydrogens (primary N) is 1. The molecule has 0 saturated heterocycles. The largest absolute Gasteiger partial charge is 0.507 e. The molecule has 4 N–H and O–H groups in total. The predicted octanol–water partition coefficient (Wildman–Crippen LogP) is 5.67. The number of pyridine rings is 2. The monoisotopic (exact) mass is 568 g/mol. The normalized spacial score (nSPS) is 11.7. The Labute approximate surface area is 247 Å². The van der Waals surface area contributed by atoms with Gasteiger partial charge in [0.05, 0.1) is 22.7 Å². The zero-order valence-corrected chi connectivity index (χ0v) is 23.3. The van der Waals surface area contributed by atoms with E-state index in [0.717, 1.165) is 28.0 Å². The van der Waals surface area contributed by atoms with E-state index in [1.807, 2.05) is 83.4 Å². The molecule has 1 amide bonds. The van der Waals surface area contributed by atoms with E-state index in [-0.39, 0.29) is 17.2 Å². The van der Waals surface area contributed by atoms with Gasteiger partial charge < -0.3 is 16.2 Å². The maximum Gasteiger partial charge on any atom is 0.227 e. The Bertz CT molecular complexity index is 1950. The van der Waals surface area contributed by atoms with Gasteiger partial charge in [0.25, 0.3) is 0 Å². The molecule has 0 saturated carbocycles. The van der Waals surface area contributed by atoms with Gasteiger partial charge in [0.1, 0.15) is 17.1 Å². The number of anilines is 1. The number of hydrogen-bond donors (Lipinski definition) is 3. The standard InChI is InChI=1S/C34H28N6O3/c1-21(24-11-12-25(20-41)30(42)18-24)34(43)37-19-22-9-13-26(14-10-22)40-32(27-8-5-17-36-31(27)35)39-29-16-15-28(38-33(29)40)23-6-3-2-4-7-23/h2-18,20-21,42H,19H2,1H3,(H2,35,36)(H,37,43). The van der Waals surface area contributed by atoms with Crippen molar-refractivity contribution in [2.24, 2.45) is 0 Å². The molecule has 0 radical (unpaired) electrons. The first-order valence-corrected chi connectivity index (χ1v) is 13.7. The second-order valence-corrected chi connectivity index (χ2v) is 10.2. The molecule has 0 aliphatic rings. The molecule has 9 heteroatoms. The van der Waals surface area contributed by atoms with Gasteiger partial charge in [-0.1, -0.05) is 48.5 Å². The summed E-state index contributed by atoms with van der Waals surface area (Å²) in [6.45, 7) is 2.06. The van der Waals surface area contributed by atoms with E-state index >= 15 is 0 Å². The maximum absolute atomic E-state index is 12.9. The molecule has 0 fully saturated rings. The van der Waals surface area contributed by atoms with Crippen LogP contribution in [0.1, 0.15) is 34.3 Å². The van der Waals surface area contributed by atoms with Crippen LogP contribution in [0, 0.1) is 0 Å². The molecule has 6 rings (SSSR count).